The number of nitrogens with zero attached hydrogens (tertiary/aromatic N) is 1. The summed E-state index contributed by atoms with van der Waals surface area (Å²) in [5, 5.41) is 2.84. The molecule has 0 aliphatic carbocycles. The second-order valence-corrected chi connectivity index (χ2v) is 6.37. The standard InChI is InChI=1S/C19H24N2O6/c1-12(2)9-20-17(22)13-6-5-7-14(8-13)21-11-27-10-15(18(23)25-3)16(21)19(24)26-4/h5-8,12H,9-11H2,1-4H3,(H,20,22). The predicted octanol–water partition coefficient (Wildman–Crippen LogP) is 1.47. The van der Waals surface area contributed by atoms with Crippen LogP contribution in [0.25, 0.3) is 0 Å². The smallest absolute Gasteiger partial charge is 0.355 e. The molecule has 1 heterocycles. The minimum Gasteiger partial charge on any atom is -0.466 e. The number of carbonyl (C=O) groups excluding carboxylic acids is 3. The molecule has 0 aromatic heterocycles. The summed E-state index contributed by atoms with van der Waals surface area (Å²) in [6.07, 6.45) is 0. The maximum absolute atomic E-state index is 12.3. The Morgan fingerprint density at radius 3 is 2.52 bits per heavy atom. The van der Waals surface area contributed by atoms with Crippen LogP contribution in [0, 0.1) is 5.92 Å². The van der Waals surface area contributed by atoms with E-state index in [4.69, 9.17) is 14.2 Å². The molecule has 1 amide bonds. The van der Waals surface area contributed by atoms with Crippen LogP contribution in [-0.2, 0) is 23.8 Å². The lowest BCUT2D eigenvalue weighted by molar-refractivity contribution is -0.140. The van der Waals surface area contributed by atoms with Crippen molar-refractivity contribution in [2.45, 2.75) is 13.8 Å². The van der Waals surface area contributed by atoms with Crippen molar-refractivity contribution in [2.75, 3.05) is 39.0 Å². The van der Waals surface area contributed by atoms with Crippen LogP contribution in [0.3, 0.4) is 0 Å². The number of esters is 2. The molecule has 27 heavy (non-hydrogen) atoms. The lowest BCUT2D eigenvalue weighted by Gasteiger charge is -2.31. The predicted molar refractivity (Wildman–Crippen MR) is 98.0 cm³/mol. The molecule has 0 fully saturated rings. The van der Waals surface area contributed by atoms with Crippen molar-refractivity contribution < 1.29 is 28.6 Å². The van der Waals surface area contributed by atoms with Crippen LogP contribution in [0.4, 0.5) is 5.69 Å². The summed E-state index contributed by atoms with van der Waals surface area (Å²) < 4.78 is 15.0. The Balaban J connectivity index is 2.40. The van der Waals surface area contributed by atoms with Crippen LogP contribution >= 0.6 is 0 Å². The Kier molecular flexibility index (Phi) is 6.95. The molecule has 1 N–H and O–H groups in total. The van der Waals surface area contributed by atoms with Gasteiger partial charge in [0.2, 0.25) is 0 Å². The fraction of sp³-hybridized carbons (Fsp3) is 0.421. The van der Waals surface area contributed by atoms with Crippen molar-refractivity contribution in [1.29, 1.82) is 0 Å². The maximum Gasteiger partial charge on any atom is 0.355 e. The third kappa shape index (κ3) is 4.85. The van der Waals surface area contributed by atoms with Crippen LogP contribution in [0.2, 0.25) is 0 Å². The van der Waals surface area contributed by atoms with Crippen molar-refractivity contribution >= 4 is 23.5 Å². The second kappa shape index (κ2) is 9.18. The van der Waals surface area contributed by atoms with Gasteiger partial charge in [-0.05, 0) is 24.1 Å². The number of methoxy groups -OCH3 is 2. The molecule has 1 aromatic rings. The number of ether oxygens (including phenoxy) is 3. The van der Waals surface area contributed by atoms with Gasteiger partial charge in [0.25, 0.3) is 5.91 Å². The van der Waals surface area contributed by atoms with E-state index in [1.807, 2.05) is 13.8 Å². The molecule has 0 spiro atoms. The van der Waals surface area contributed by atoms with Gasteiger partial charge in [-0.25, -0.2) is 9.59 Å². The van der Waals surface area contributed by atoms with E-state index in [0.717, 1.165) is 0 Å². The number of hydrogen-bond acceptors (Lipinski definition) is 7. The number of carbonyl (C=O) groups is 3. The number of hydrogen-bond donors (Lipinski definition) is 1. The zero-order valence-electron chi connectivity index (χ0n) is 15.9. The zero-order chi connectivity index (χ0) is 20.0. The molecular formula is C19H24N2O6. The lowest BCUT2D eigenvalue weighted by atomic mass is 10.1. The Morgan fingerprint density at radius 2 is 1.89 bits per heavy atom. The van der Waals surface area contributed by atoms with E-state index in [1.54, 1.807) is 24.3 Å². The molecule has 0 saturated heterocycles. The third-order valence-corrected chi connectivity index (χ3v) is 3.92. The van der Waals surface area contributed by atoms with Crippen molar-refractivity contribution in [3.8, 4) is 0 Å². The van der Waals surface area contributed by atoms with Gasteiger partial charge in [-0.15, -0.1) is 0 Å². The van der Waals surface area contributed by atoms with E-state index >= 15 is 0 Å². The summed E-state index contributed by atoms with van der Waals surface area (Å²) in [5.74, 6) is -1.26. The fourth-order valence-electron chi connectivity index (χ4n) is 2.56. The average molecular weight is 376 g/mol. The first kappa shape index (κ1) is 20.4. The SMILES string of the molecule is COC(=O)C1=C(C(=O)OC)N(c2cccc(C(=O)NCC(C)C)c2)COC1. The first-order valence-corrected chi connectivity index (χ1v) is 8.52. The minimum atomic E-state index is -0.687. The van der Waals surface area contributed by atoms with Gasteiger partial charge in [-0.3, -0.25) is 4.79 Å². The van der Waals surface area contributed by atoms with Crippen molar-refractivity contribution in [3.05, 3.63) is 41.1 Å². The van der Waals surface area contributed by atoms with Crippen LogP contribution in [0.1, 0.15) is 24.2 Å². The second-order valence-electron chi connectivity index (χ2n) is 6.37. The summed E-state index contributed by atoms with van der Waals surface area (Å²) in [6.45, 7) is 4.52. The van der Waals surface area contributed by atoms with E-state index in [2.05, 4.69) is 5.32 Å². The summed E-state index contributed by atoms with van der Waals surface area (Å²) in [5.41, 5.74) is 1.05. The molecule has 8 nitrogen and oxygen atoms in total. The Bertz CT molecular complexity index is 756. The number of amides is 1. The summed E-state index contributed by atoms with van der Waals surface area (Å²) in [6, 6.07) is 6.71. The van der Waals surface area contributed by atoms with Gasteiger partial charge >= 0.3 is 11.9 Å². The molecule has 1 aliphatic rings. The van der Waals surface area contributed by atoms with Gasteiger partial charge in [0.15, 0.2) is 0 Å². The van der Waals surface area contributed by atoms with E-state index in [9.17, 15) is 14.4 Å². The Labute approximate surface area is 158 Å². The van der Waals surface area contributed by atoms with E-state index in [0.29, 0.717) is 23.7 Å². The first-order valence-electron chi connectivity index (χ1n) is 8.52. The number of anilines is 1. The molecule has 0 atom stereocenters. The molecule has 0 radical (unpaired) electrons. The minimum absolute atomic E-state index is 0.0298. The maximum atomic E-state index is 12.3. The molecular weight excluding hydrogens is 352 g/mol. The van der Waals surface area contributed by atoms with Crippen LogP contribution in [-0.4, -0.2) is 51.9 Å². The highest BCUT2D eigenvalue weighted by atomic mass is 16.5. The molecule has 0 bridgehead atoms. The highest BCUT2D eigenvalue weighted by Gasteiger charge is 2.32. The quantitative estimate of drug-likeness (QED) is 0.751. The van der Waals surface area contributed by atoms with Crippen LogP contribution in [0.5, 0.6) is 0 Å². The monoisotopic (exact) mass is 376 g/mol. The highest BCUT2D eigenvalue weighted by Crippen LogP contribution is 2.27. The van der Waals surface area contributed by atoms with Crippen molar-refractivity contribution in [3.63, 3.8) is 0 Å². The topological polar surface area (TPSA) is 94.2 Å². The van der Waals surface area contributed by atoms with Crippen LogP contribution in [0.15, 0.2) is 35.5 Å². The van der Waals surface area contributed by atoms with Gasteiger partial charge in [-0.2, -0.15) is 0 Å². The normalized spacial score (nSPS) is 14.2. The van der Waals surface area contributed by atoms with Crippen LogP contribution < -0.4 is 10.2 Å². The van der Waals surface area contributed by atoms with E-state index in [1.165, 1.54) is 19.1 Å². The Morgan fingerprint density at radius 1 is 1.19 bits per heavy atom. The molecule has 0 saturated carbocycles. The van der Waals surface area contributed by atoms with Gasteiger partial charge in [0, 0.05) is 17.8 Å². The number of rotatable bonds is 6. The zero-order valence-corrected chi connectivity index (χ0v) is 15.9. The van der Waals surface area contributed by atoms with Gasteiger partial charge in [-0.1, -0.05) is 19.9 Å². The van der Waals surface area contributed by atoms with Crippen molar-refractivity contribution in [2.24, 2.45) is 5.92 Å². The molecule has 146 valence electrons. The summed E-state index contributed by atoms with van der Waals surface area (Å²) in [4.78, 5) is 38.2. The highest BCUT2D eigenvalue weighted by molar-refractivity contribution is 6.03. The third-order valence-electron chi connectivity index (χ3n) is 3.92. The molecule has 1 aliphatic heterocycles. The van der Waals surface area contributed by atoms with Gasteiger partial charge < -0.3 is 24.4 Å². The van der Waals surface area contributed by atoms with Gasteiger partial charge in [0.05, 0.1) is 26.4 Å². The molecule has 0 unspecified atom stereocenters. The first-order chi connectivity index (χ1) is 12.9. The summed E-state index contributed by atoms with van der Waals surface area (Å²) >= 11 is 0. The van der Waals surface area contributed by atoms with Crippen molar-refractivity contribution in [1.82, 2.24) is 5.32 Å². The molecule has 2 rings (SSSR count). The fourth-order valence-corrected chi connectivity index (χ4v) is 2.56. The van der Waals surface area contributed by atoms with E-state index in [-0.39, 0.29) is 30.5 Å². The largest absolute Gasteiger partial charge is 0.466 e. The number of benzene rings is 1. The number of nitrogens with one attached hydrogen (secondary N) is 1. The molecule has 1 aromatic carbocycles. The Hall–Kier alpha value is -2.87. The summed E-state index contributed by atoms with van der Waals surface area (Å²) in [7, 11) is 2.45. The average Bonchev–Trinajstić information content (AvgIpc) is 2.70. The van der Waals surface area contributed by atoms with Gasteiger partial charge in [0.1, 0.15) is 12.4 Å². The van der Waals surface area contributed by atoms with E-state index < -0.39 is 11.9 Å². The molecule has 8 heteroatoms. The lowest BCUT2D eigenvalue weighted by Crippen LogP contribution is -2.39.